The minimum atomic E-state index is -2.73. The Morgan fingerprint density at radius 2 is 2.23 bits per heavy atom. The molecule has 0 aliphatic heterocycles. The van der Waals surface area contributed by atoms with E-state index in [0.29, 0.717) is 0 Å². The van der Waals surface area contributed by atoms with Gasteiger partial charge in [0, 0.05) is 0 Å². The Morgan fingerprint density at radius 1 is 1.77 bits per heavy atom. The molecule has 0 bridgehead atoms. The molecule has 0 radical (unpaired) electrons. The third kappa shape index (κ3) is 1.78. The molecule has 0 aliphatic carbocycles. The lowest BCUT2D eigenvalue weighted by Gasteiger charge is -2.29. The molecule has 2 unspecified atom stereocenters. The quantitative estimate of drug-likeness (QED) is 0.520. The Balaban J connectivity index is 5.08. The Morgan fingerprint density at radius 3 is 2.46 bits per heavy atom. The summed E-state index contributed by atoms with van der Waals surface area (Å²) in [5, 5.41) is 17.9. The van der Waals surface area contributed by atoms with Crippen LogP contribution in [0.25, 0.3) is 0 Å². The molecule has 0 aromatic rings. The number of alkyl halides is 1. The van der Waals surface area contributed by atoms with Gasteiger partial charge in [0.05, 0.1) is 7.11 Å². The van der Waals surface area contributed by atoms with Crippen molar-refractivity contribution in [2.75, 3.05) is 7.11 Å². The van der Waals surface area contributed by atoms with Crippen molar-refractivity contribution in [2.24, 2.45) is 0 Å². The molecule has 13 heavy (non-hydrogen) atoms. The number of methoxy groups -OCH3 is 1. The van der Waals surface area contributed by atoms with Crippen molar-refractivity contribution >= 4 is 5.97 Å². The van der Waals surface area contributed by atoms with Gasteiger partial charge in [-0.05, 0) is 13.3 Å². The van der Waals surface area contributed by atoms with Crippen molar-refractivity contribution in [2.45, 2.75) is 31.5 Å². The van der Waals surface area contributed by atoms with Gasteiger partial charge in [0.1, 0.15) is 6.07 Å². The van der Waals surface area contributed by atoms with Gasteiger partial charge in [-0.25, -0.2) is 9.18 Å². The van der Waals surface area contributed by atoms with E-state index in [0.717, 1.165) is 14.0 Å². The van der Waals surface area contributed by atoms with E-state index in [9.17, 15) is 14.3 Å². The molecular formula is C8H12FNO3. The Hall–Kier alpha value is -1.15. The van der Waals surface area contributed by atoms with Gasteiger partial charge >= 0.3 is 5.97 Å². The highest BCUT2D eigenvalue weighted by atomic mass is 19.1. The van der Waals surface area contributed by atoms with Gasteiger partial charge in [-0.15, -0.1) is 0 Å². The Bertz CT molecular complexity index is 246. The van der Waals surface area contributed by atoms with Crippen molar-refractivity contribution < 1.29 is 19.0 Å². The molecule has 4 nitrogen and oxygen atoms in total. The van der Waals surface area contributed by atoms with E-state index < -0.39 is 17.2 Å². The van der Waals surface area contributed by atoms with Crippen molar-refractivity contribution in [1.82, 2.24) is 0 Å². The molecule has 0 aromatic carbocycles. The number of hydrogen-bond acceptors (Lipinski definition) is 4. The summed E-state index contributed by atoms with van der Waals surface area (Å²) in [6, 6.07) is 1.23. The molecule has 74 valence electrons. The number of esters is 1. The van der Waals surface area contributed by atoms with E-state index in [4.69, 9.17) is 5.26 Å². The molecule has 2 atom stereocenters. The smallest absolute Gasteiger partial charge is 0.356 e. The highest BCUT2D eigenvalue weighted by Crippen LogP contribution is 2.30. The minimum absolute atomic E-state index is 0.161. The maximum atomic E-state index is 13.5. The molecule has 0 saturated heterocycles. The van der Waals surface area contributed by atoms with Crippen LogP contribution in [0.1, 0.15) is 20.3 Å². The number of rotatable bonds is 3. The third-order valence-corrected chi connectivity index (χ3v) is 2.06. The summed E-state index contributed by atoms with van der Waals surface area (Å²) in [7, 11) is 0.983. The van der Waals surface area contributed by atoms with Crippen LogP contribution >= 0.6 is 0 Å². The number of carbonyl (C=O) groups excluding carboxylic acids is 1. The molecule has 0 fully saturated rings. The van der Waals surface area contributed by atoms with Gasteiger partial charge in [-0.1, -0.05) is 6.92 Å². The second-order valence-corrected chi connectivity index (χ2v) is 2.86. The minimum Gasteiger partial charge on any atom is -0.466 e. The number of nitrogens with zero attached hydrogens (tertiary/aromatic N) is 1. The van der Waals surface area contributed by atoms with Crippen LogP contribution in [0.3, 0.4) is 0 Å². The van der Waals surface area contributed by atoms with Gasteiger partial charge in [0.2, 0.25) is 0 Å². The van der Waals surface area contributed by atoms with Crippen LogP contribution in [-0.2, 0) is 9.53 Å². The molecule has 0 saturated carbocycles. The maximum absolute atomic E-state index is 13.5. The van der Waals surface area contributed by atoms with Gasteiger partial charge in [-0.2, -0.15) is 5.26 Å². The van der Waals surface area contributed by atoms with Crippen LogP contribution in [0.15, 0.2) is 0 Å². The molecule has 0 spiro atoms. The molecule has 1 N–H and O–H groups in total. The number of hydrogen-bond donors (Lipinski definition) is 1. The van der Waals surface area contributed by atoms with Crippen LogP contribution < -0.4 is 0 Å². The standard InChI is InChI=1S/C8H12FNO3/c1-4-7(2,9)8(12,5-10)6(11)13-3/h12H,4H2,1-3H3. The topological polar surface area (TPSA) is 70.3 Å². The van der Waals surface area contributed by atoms with Gasteiger partial charge in [-0.3, -0.25) is 0 Å². The zero-order chi connectivity index (χ0) is 10.7. The monoisotopic (exact) mass is 189 g/mol. The highest BCUT2D eigenvalue weighted by Gasteiger charge is 2.54. The van der Waals surface area contributed by atoms with Crippen LogP contribution in [0.5, 0.6) is 0 Å². The lowest BCUT2D eigenvalue weighted by molar-refractivity contribution is -0.170. The first-order valence-corrected chi connectivity index (χ1v) is 3.76. The lowest BCUT2D eigenvalue weighted by atomic mass is 9.85. The van der Waals surface area contributed by atoms with Gasteiger partial charge < -0.3 is 9.84 Å². The summed E-state index contributed by atoms with van der Waals surface area (Å²) in [4.78, 5) is 10.9. The summed E-state index contributed by atoms with van der Waals surface area (Å²) in [6.45, 7) is 2.40. The van der Waals surface area contributed by atoms with Crippen LogP contribution in [0, 0.1) is 11.3 Å². The lowest BCUT2D eigenvalue weighted by Crippen LogP contribution is -2.54. The van der Waals surface area contributed by atoms with Crippen molar-refractivity contribution in [3.05, 3.63) is 0 Å². The third-order valence-electron chi connectivity index (χ3n) is 2.06. The Labute approximate surface area is 75.9 Å². The number of carbonyl (C=O) groups is 1. The summed E-state index contributed by atoms with van der Waals surface area (Å²) in [5.41, 5.74) is -5.04. The largest absolute Gasteiger partial charge is 0.466 e. The SMILES string of the molecule is CCC(C)(F)C(O)(C#N)C(=O)OC. The second kappa shape index (κ2) is 3.71. The molecule has 0 rings (SSSR count). The highest BCUT2D eigenvalue weighted by molar-refractivity contribution is 5.84. The summed E-state index contributed by atoms with van der Waals surface area (Å²) < 4.78 is 17.7. The van der Waals surface area contributed by atoms with Crippen molar-refractivity contribution in [3.8, 4) is 6.07 Å². The summed E-state index contributed by atoms with van der Waals surface area (Å²) >= 11 is 0. The molecule has 0 heterocycles. The number of nitriles is 1. The van der Waals surface area contributed by atoms with E-state index in [1.165, 1.54) is 13.0 Å². The predicted molar refractivity (Wildman–Crippen MR) is 42.4 cm³/mol. The van der Waals surface area contributed by atoms with Crippen LogP contribution in [-0.4, -0.2) is 29.5 Å². The zero-order valence-electron chi connectivity index (χ0n) is 7.80. The normalized spacial score (nSPS) is 19.4. The fraction of sp³-hybridized carbons (Fsp3) is 0.750. The first-order chi connectivity index (χ1) is 5.85. The fourth-order valence-electron chi connectivity index (χ4n) is 0.779. The molecule has 0 aromatic heterocycles. The number of aliphatic hydroxyl groups is 1. The van der Waals surface area contributed by atoms with Crippen LogP contribution in [0.2, 0.25) is 0 Å². The van der Waals surface area contributed by atoms with Gasteiger partial charge in [0.25, 0.3) is 5.60 Å². The van der Waals surface area contributed by atoms with Crippen LogP contribution in [0.4, 0.5) is 4.39 Å². The predicted octanol–water partition coefficient (Wildman–Crippen LogP) is 0.552. The van der Waals surface area contributed by atoms with E-state index >= 15 is 0 Å². The van der Waals surface area contributed by atoms with E-state index in [2.05, 4.69) is 4.74 Å². The fourth-order valence-corrected chi connectivity index (χ4v) is 0.779. The van der Waals surface area contributed by atoms with Crippen molar-refractivity contribution in [1.29, 1.82) is 5.26 Å². The van der Waals surface area contributed by atoms with E-state index in [-0.39, 0.29) is 6.42 Å². The zero-order valence-corrected chi connectivity index (χ0v) is 7.80. The summed E-state index contributed by atoms with van der Waals surface area (Å²) in [6.07, 6.45) is -0.161. The molecule has 0 aliphatic rings. The number of halogens is 1. The average Bonchev–Trinajstić information content (AvgIpc) is 2.14. The Kier molecular flexibility index (Phi) is 3.38. The van der Waals surface area contributed by atoms with Gasteiger partial charge in [0.15, 0.2) is 5.67 Å². The first kappa shape index (κ1) is 11.8. The number of ether oxygens (including phenoxy) is 1. The molecular weight excluding hydrogens is 177 g/mol. The molecule has 0 amide bonds. The average molecular weight is 189 g/mol. The van der Waals surface area contributed by atoms with E-state index in [1.807, 2.05) is 0 Å². The second-order valence-electron chi connectivity index (χ2n) is 2.86. The van der Waals surface area contributed by atoms with E-state index in [1.54, 1.807) is 0 Å². The maximum Gasteiger partial charge on any atom is 0.356 e. The molecule has 5 heteroatoms. The van der Waals surface area contributed by atoms with Crippen molar-refractivity contribution in [3.63, 3.8) is 0 Å². The summed E-state index contributed by atoms with van der Waals surface area (Å²) in [5.74, 6) is -1.28. The first-order valence-electron chi connectivity index (χ1n) is 3.76.